The third-order valence-corrected chi connectivity index (χ3v) is 4.59. The van der Waals surface area contributed by atoms with Gasteiger partial charge in [-0.2, -0.15) is 0 Å². The zero-order chi connectivity index (χ0) is 23.8. The van der Waals surface area contributed by atoms with Crippen LogP contribution in [0.2, 0.25) is 0 Å². The molecule has 0 atom stereocenters. The van der Waals surface area contributed by atoms with Crippen LogP contribution in [0.1, 0.15) is 17.3 Å². The molecule has 10 nitrogen and oxygen atoms in total. The number of carbonyl (C=O) groups excluding carboxylic acids is 2. The van der Waals surface area contributed by atoms with E-state index in [-0.39, 0.29) is 19.1 Å². The first kappa shape index (κ1) is 22.5. The lowest BCUT2D eigenvalue weighted by atomic mass is 10.2. The molecule has 0 radical (unpaired) electrons. The van der Waals surface area contributed by atoms with Crippen molar-refractivity contribution < 1.29 is 23.8 Å². The van der Waals surface area contributed by atoms with Crippen LogP contribution in [0.4, 0.5) is 5.69 Å². The van der Waals surface area contributed by atoms with Gasteiger partial charge in [0.15, 0.2) is 18.2 Å². The van der Waals surface area contributed by atoms with E-state index >= 15 is 0 Å². The first-order chi connectivity index (χ1) is 16.6. The van der Waals surface area contributed by atoms with Crippen molar-refractivity contribution in [2.45, 2.75) is 6.92 Å². The van der Waals surface area contributed by atoms with Crippen LogP contribution in [-0.4, -0.2) is 45.7 Å². The van der Waals surface area contributed by atoms with Gasteiger partial charge in [-0.05, 0) is 65.9 Å². The largest absolute Gasteiger partial charge is 0.482 e. The number of carbonyl (C=O) groups is 2. The van der Waals surface area contributed by atoms with Crippen molar-refractivity contribution in [3.05, 3.63) is 78.4 Å². The Bertz CT molecular complexity index is 1260. The molecule has 0 fully saturated rings. The van der Waals surface area contributed by atoms with Crippen LogP contribution < -0.4 is 14.8 Å². The summed E-state index contributed by atoms with van der Waals surface area (Å²) in [7, 11) is 0. The number of tetrazole rings is 1. The summed E-state index contributed by atoms with van der Waals surface area (Å²) in [4.78, 5) is 24.2. The average molecular weight is 459 g/mol. The Morgan fingerprint density at radius 2 is 1.79 bits per heavy atom. The van der Waals surface area contributed by atoms with Crippen LogP contribution in [0.15, 0.2) is 72.8 Å². The predicted molar refractivity (Wildman–Crippen MR) is 123 cm³/mol. The normalized spacial score (nSPS) is 10.4. The van der Waals surface area contributed by atoms with Gasteiger partial charge in [-0.1, -0.05) is 24.3 Å². The smallest absolute Gasteiger partial charge is 0.344 e. The Balaban J connectivity index is 1.43. The molecule has 4 rings (SSSR count). The Labute approximate surface area is 194 Å². The lowest BCUT2D eigenvalue weighted by Gasteiger charge is -2.13. The number of benzene rings is 3. The molecular formula is C24H21N5O5. The van der Waals surface area contributed by atoms with Crippen molar-refractivity contribution in [2.75, 3.05) is 18.5 Å². The van der Waals surface area contributed by atoms with Crippen molar-refractivity contribution in [2.24, 2.45) is 0 Å². The van der Waals surface area contributed by atoms with Crippen LogP contribution >= 0.6 is 0 Å². The molecule has 34 heavy (non-hydrogen) atoms. The standard InChI is InChI=1S/C24H21N5O5/c1-2-32-22(30)15-33-18-12-10-16(11-13-18)24(31)25-20-8-3-4-9-21(20)34-19-7-5-6-17(14-19)23-26-28-29-27-23/h3-14H,2,15H2,1H3,(H,25,31)(H,26,27,28,29). The molecule has 2 N–H and O–H groups in total. The fourth-order valence-corrected chi connectivity index (χ4v) is 3.02. The van der Waals surface area contributed by atoms with Crippen LogP contribution in [0.3, 0.4) is 0 Å². The lowest BCUT2D eigenvalue weighted by Crippen LogP contribution is -2.15. The van der Waals surface area contributed by atoms with Gasteiger partial charge in [-0.15, -0.1) is 5.10 Å². The molecule has 0 spiro atoms. The minimum Gasteiger partial charge on any atom is -0.482 e. The van der Waals surface area contributed by atoms with E-state index in [2.05, 4.69) is 25.9 Å². The van der Waals surface area contributed by atoms with Crippen molar-refractivity contribution in [1.82, 2.24) is 20.6 Å². The molecule has 3 aromatic carbocycles. The van der Waals surface area contributed by atoms with Crippen molar-refractivity contribution in [1.29, 1.82) is 0 Å². The Hall–Kier alpha value is -4.73. The molecule has 1 heterocycles. The first-order valence-electron chi connectivity index (χ1n) is 10.4. The van der Waals surface area contributed by atoms with Gasteiger partial charge in [0.05, 0.1) is 12.3 Å². The monoisotopic (exact) mass is 459 g/mol. The van der Waals surface area contributed by atoms with E-state index in [4.69, 9.17) is 14.2 Å². The second-order valence-corrected chi connectivity index (χ2v) is 6.95. The number of anilines is 1. The number of hydrogen-bond acceptors (Lipinski definition) is 8. The summed E-state index contributed by atoms with van der Waals surface area (Å²) in [5.41, 5.74) is 1.68. The zero-order valence-electron chi connectivity index (χ0n) is 18.2. The summed E-state index contributed by atoms with van der Waals surface area (Å²) in [6.07, 6.45) is 0. The number of nitrogens with one attached hydrogen (secondary N) is 2. The molecule has 0 saturated carbocycles. The second kappa shape index (κ2) is 10.7. The van der Waals surface area contributed by atoms with Crippen molar-refractivity contribution in [3.8, 4) is 28.6 Å². The molecule has 0 aliphatic rings. The number of para-hydroxylation sites is 2. The van der Waals surface area contributed by atoms with Crippen molar-refractivity contribution >= 4 is 17.6 Å². The first-order valence-corrected chi connectivity index (χ1v) is 10.4. The van der Waals surface area contributed by atoms with E-state index in [0.29, 0.717) is 34.3 Å². The molecule has 1 amide bonds. The highest BCUT2D eigenvalue weighted by Crippen LogP contribution is 2.31. The van der Waals surface area contributed by atoms with Crippen LogP contribution in [0.25, 0.3) is 11.4 Å². The van der Waals surface area contributed by atoms with Crippen LogP contribution in [0, 0.1) is 0 Å². The van der Waals surface area contributed by atoms with E-state index in [1.807, 2.05) is 18.2 Å². The highest BCUT2D eigenvalue weighted by Gasteiger charge is 2.12. The van der Waals surface area contributed by atoms with E-state index in [1.165, 1.54) is 0 Å². The van der Waals surface area contributed by atoms with E-state index in [1.54, 1.807) is 61.5 Å². The fraction of sp³-hybridized carbons (Fsp3) is 0.125. The Morgan fingerprint density at radius 3 is 2.56 bits per heavy atom. The number of aromatic nitrogens is 4. The minimum atomic E-state index is -0.455. The fourth-order valence-electron chi connectivity index (χ4n) is 3.02. The number of H-pyrrole nitrogens is 1. The van der Waals surface area contributed by atoms with Gasteiger partial charge in [0, 0.05) is 11.1 Å². The lowest BCUT2D eigenvalue weighted by molar-refractivity contribution is -0.145. The molecule has 0 aliphatic heterocycles. The quantitative estimate of drug-likeness (QED) is 0.361. The minimum absolute atomic E-state index is 0.196. The maximum atomic E-state index is 12.8. The average Bonchev–Trinajstić information content (AvgIpc) is 3.40. The molecule has 1 aromatic heterocycles. The van der Waals surface area contributed by atoms with Crippen LogP contribution in [-0.2, 0) is 9.53 Å². The summed E-state index contributed by atoms with van der Waals surface area (Å²) in [5.74, 6) is 1.21. The Morgan fingerprint density at radius 1 is 0.971 bits per heavy atom. The summed E-state index contributed by atoms with van der Waals surface area (Å²) in [6, 6.07) is 20.8. The highest BCUT2D eigenvalue weighted by atomic mass is 16.6. The van der Waals surface area contributed by atoms with Gasteiger partial charge in [0.2, 0.25) is 0 Å². The number of hydrogen-bond donors (Lipinski definition) is 2. The molecule has 0 unspecified atom stereocenters. The maximum Gasteiger partial charge on any atom is 0.344 e. The molecule has 10 heteroatoms. The molecule has 0 aliphatic carbocycles. The summed E-state index contributed by atoms with van der Waals surface area (Å²) in [6.45, 7) is 1.82. The third-order valence-electron chi connectivity index (χ3n) is 4.59. The number of amides is 1. The van der Waals surface area contributed by atoms with Gasteiger partial charge in [0.25, 0.3) is 5.91 Å². The van der Waals surface area contributed by atoms with E-state index < -0.39 is 5.97 Å². The van der Waals surface area contributed by atoms with E-state index in [9.17, 15) is 9.59 Å². The van der Waals surface area contributed by atoms with Gasteiger partial charge >= 0.3 is 5.97 Å². The van der Waals surface area contributed by atoms with E-state index in [0.717, 1.165) is 5.56 Å². The number of rotatable bonds is 9. The van der Waals surface area contributed by atoms with Gasteiger partial charge in [0.1, 0.15) is 11.5 Å². The van der Waals surface area contributed by atoms with Gasteiger partial charge in [-0.25, -0.2) is 9.89 Å². The number of nitrogens with zero attached hydrogens (tertiary/aromatic N) is 3. The molecular weight excluding hydrogens is 438 g/mol. The maximum absolute atomic E-state index is 12.8. The predicted octanol–water partition coefficient (Wildman–Crippen LogP) is 3.85. The number of aromatic amines is 1. The number of ether oxygens (including phenoxy) is 3. The summed E-state index contributed by atoms with van der Waals surface area (Å²) >= 11 is 0. The van der Waals surface area contributed by atoms with Gasteiger partial charge < -0.3 is 19.5 Å². The molecule has 4 aromatic rings. The summed E-state index contributed by atoms with van der Waals surface area (Å²) < 4.78 is 16.2. The second-order valence-electron chi connectivity index (χ2n) is 6.95. The molecule has 0 saturated heterocycles. The zero-order valence-corrected chi connectivity index (χ0v) is 18.2. The third kappa shape index (κ3) is 5.74. The highest BCUT2D eigenvalue weighted by molar-refractivity contribution is 6.05. The Kier molecular flexibility index (Phi) is 7.09. The van der Waals surface area contributed by atoms with Gasteiger partial charge in [-0.3, -0.25) is 4.79 Å². The summed E-state index contributed by atoms with van der Waals surface area (Å²) in [5, 5.41) is 16.6. The molecule has 172 valence electrons. The van der Waals surface area contributed by atoms with Crippen molar-refractivity contribution in [3.63, 3.8) is 0 Å². The topological polar surface area (TPSA) is 128 Å². The number of esters is 1. The van der Waals surface area contributed by atoms with Crippen LogP contribution in [0.5, 0.6) is 17.2 Å². The molecule has 0 bridgehead atoms. The SMILES string of the molecule is CCOC(=O)COc1ccc(C(=O)Nc2ccccc2Oc2cccc(-c3nnn[nH]3)c2)cc1.